The van der Waals surface area contributed by atoms with Gasteiger partial charge in [0.25, 0.3) is 0 Å². The molecule has 0 amide bonds. The van der Waals surface area contributed by atoms with Gasteiger partial charge < -0.3 is 15.4 Å². The summed E-state index contributed by atoms with van der Waals surface area (Å²) in [4.78, 5) is 4.61. The lowest BCUT2D eigenvalue weighted by Crippen LogP contribution is -2.41. The Hall–Kier alpha value is -1.85. The van der Waals surface area contributed by atoms with Crippen molar-refractivity contribution >= 4 is 40.0 Å². The molecule has 0 saturated carbocycles. The second kappa shape index (κ2) is 13.5. The summed E-state index contributed by atoms with van der Waals surface area (Å²) in [7, 11) is -1.88. The number of aliphatic imine (C=N–C) groups is 1. The molecule has 0 saturated heterocycles. The molecule has 0 aromatic heterocycles. The van der Waals surface area contributed by atoms with Crippen LogP contribution in [-0.4, -0.2) is 40.6 Å². The average Bonchev–Trinajstić information content (AvgIpc) is 2.72. The van der Waals surface area contributed by atoms with E-state index in [1.54, 1.807) is 6.07 Å². The second-order valence-electron chi connectivity index (χ2n) is 7.05. The van der Waals surface area contributed by atoms with Gasteiger partial charge in [0.1, 0.15) is 11.9 Å². The number of nitrogens with one attached hydrogen (secondary N) is 3. The largest absolute Gasteiger partial charge is 0.489 e. The van der Waals surface area contributed by atoms with Crippen molar-refractivity contribution in [3.63, 3.8) is 0 Å². The fourth-order valence-electron chi connectivity index (χ4n) is 2.81. The predicted octanol–water partition coefficient (Wildman–Crippen LogP) is 3.18. The van der Waals surface area contributed by atoms with Crippen LogP contribution in [0.15, 0.2) is 53.5 Å². The minimum absolute atomic E-state index is 0. The minimum Gasteiger partial charge on any atom is -0.489 e. The van der Waals surface area contributed by atoms with Crippen molar-refractivity contribution in [2.45, 2.75) is 39.2 Å². The first kappa shape index (κ1) is 27.2. The van der Waals surface area contributed by atoms with E-state index in [-0.39, 0.29) is 35.8 Å². The van der Waals surface area contributed by atoms with Crippen LogP contribution < -0.4 is 20.1 Å². The number of para-hydroxylation sites is 1. The highest BCUT2D eigenvalue weighted by molar-refractivity contribution is 14.0. The second-order valence-corrected chi connectivity index (χ2v) is 8.98. The number of ether oxygens (including phenoxy) is 1. The van der Waals surface area contributed by atoms with Gasteiger partial charge in [0.2, 0.25) is 10.0 Å². The van der Waals surface area contributed by atoms with E-state index in [9.17, 15) is 8.42 Å². The summed E-state index contributed by atoms with van der Waals surface area (Å²) in [5, 5.41) is 6.52. The highest BCUT2D eigenvalue weighted by Gasteiger charge is 2.10. The zero-order chi connectivity index (χ0) is 22.0. The molecule has 2 rings (SSSR count). The lowest BCUT2D eigenvalue weighted by molar-refractivity contribution is 0.222. The Balaban J connectivity index is 0.00000480. The Kier molecular flexibility index (Phi) is 11.9. The molecule has 2 aromatic rings. The lowest BCUT2D eigenvalue weighted by atomic mass is 10.1. The van der Waals surface area contributed by atoms with Crippen LogP contribution in [0.3, 0.4) is 0 Å². The molecule has 1 atom stereocenters. The quantitative estimate of drug-likeness (QED) is 0.236. The van der Waals surface area contributed by atoms with Crippen LogP contribution in [-0.2, 0) is 22.3 Å². The van der Waals surface area contributed by atoms with E-state index in [0.717, 1.165) is 29.0 Å². The molecule has 9 heteroatoms. The zero-order valence-electron chi connectivity index (χ0n) is 18.5. The maximum Gasteiger partial charge on any atom is 0.215 e. The highest BCUT2D eigenvalue weighted by Crippen LogP contribution is 2.17. The topological polar surface area (TPSA) is 91.8 Å². The van der Waals surface area contributed by atoms with Crippen molar-refractivity contribution in [2.75, 3.05) is 20.1 Å². The number of aryl methyl sites for hydroxylation is 1. The number of rotatable bonds is 10. The summed E-state index contributed by atoms with van der Waals surface area (Å²) < 4.78 is 31.9. The first-order chi connectivity index (χ1) is 14.3. The molecule has 2 aromatic carbocycles. The standard InChI is InChI=1S/C22H32N4O3S.HI/c1-5-24-22(25-14-18(3)29-21-12-7-6-9-17(21)2)26-15-19-10-8-11-20(13-19)16-30(27,28)23-4;/h6-13,18,23H,5,14-16H2,1-4H3,(H2,24,25,26);1H. The van der Waals surface area contributed by atoms with Crippen LogP contribution in [0.2, 0.25) is 0 Å². The van der Waals surface area contributed by atoms with E-state index in [2.05, 4.69) is 20.3 Å². The fraction of sp³-hybridized carbons (Fsp3) is 0.409. The van der Waals surface area contributed by atoms with Crippen molar-refractivity contribution in [3.05, 3.63) is 65.2 Å². The molecule has 0 aliphatic heterocycles. The summed E-state index contributed by atoms with van der Waals surface area (Å²) in [6.45, 7) is 7.81. The molecule has 0 fully saturated rings. The minimum atomic E-state index is -3.30. The average molecular weight is 561 g/mol. The van der Waals surface area contributed by atoms with Crippen LogP contribution >= 0.6 is 24.0 Å². The van der Waals surface area contributed by atoms with Gasteiger partial charge in [0.05, 0.1) is 18.8 Å². The number of sulfonamides is 1. The van der Waals surface area contributed by atoms with Gasteiger partial charge in [-0.3, -0.25) is 0 Å². The predicted molar refractivity (Wildman–Crippen MR) is 138 cm³/mol. The van der Waals surface area contributed by atoms with E-state index < -0.39 is 10.0 Å². The molecule has 0 bridgehead atoms. The lowest BCUT2D eigenvalue weighted by Gasteiger charge is -2.18. The van der Waals surface area contributed by atoms with Gasteiger partial charge in [-0.05, 0) is 50.6 Å². The molecule has 3 N–H and O–H groups in total. The van der Waals surface area contributed by atoms with Crippen molar-refractivity contribution < 1.29 is 13.2 Å². The number of guanidine groups is 1. The Labute approximate surface area is 203 Å². The Morgan fingerprint density at radius 3 is 2.48 bits per heavy atom. The molecule has 0 aliphatic carbocycles. The Morgan fingerprint density at radius 1 is 1.10 bits per heavy atom. The van der Waals surface area contributed by atoms with Crippen LogP contribution in [0.4, 0.5) is 0 Å². The summed E-state index contributed by atoms with van der Waals surface area (Å²) in [5.41, 5.74) is 2.78. The number of nitrogens with zero attached hydrogens (tertiary/aromatic N) is 1. The maximum atomic E-state index is 11.8. The Bertz CT molecular complexity index is 951. The van der Waals surface area contributed by atoms with Gasteiger partial charge in [-0.1, -0.05) is 42.5 Å². The van der Waals surface area contributed by atoms with E-state index in [0.29, 0.717) is 19.0 Å². The third-order valence-electron chi connectivity index (χ3n) is 4.40. The molecular formula is C22H33IN4O3S. The molecule has 31 heavy (non-hydrogen) atoms. The summed E-state index contributed by atoms with van der Waals surface area (Å²) in [6.07, 6.45) is -0.0370. The monoisotopic (exact) mass is 560 g/mol. The molecule has 0 radical (unpaired) electrons. The maximum absolute atomic E-state index is 11.8. The Morgan fingerprint density at radius 2 is 1.81 bits per heavy atom. The van der Waals surface area contributed by atoms with Crippen LogP contribution in [0, 0.1) is 6.92 Å². The molecule has 0 spiro atoms. The van der Waals surface area contributed by atoms with E-state index in [1.165, 1.54) is 7.05 Å². The van der Waals surface area contributed by atoms with Crippen LogP contribution in [0.5, 0.6) is 5.75 Å². The first-order valence-electron chi connectivity index (χ1n) is 10.1. The SMILES string of the molecule is CCNC(=NCc1cccc(CS(=O)(=O)NC)c1)NCC(C)Oc1ccccc1C.I. The molecular weight excluding hydrogens is 527 g/mol. The van der Waals surface area contributed by atoms with E-state index in [4.69, 9.17) is 4.74 Å². The van der Waals surface area contributed by atoms with Gasteiger partial charge in [-0.25, -0.2) is 18.1 Å². The number of halogens is 1. The van der Waals surface area contributed by atoms with Gasteiger partial charge in [-0.2, -0.15) is 0 Å². The summed E-state index contributed by atoms with van der Waals surface area (Å²) in [6, 6.07) is 15.4. The van der Waals surface area contributed by atoms with Crippen molar-refractivity contribution in [1.82, 2.24) is 15.4 Å². The fourth-order valence-corrected chi connectivity index (χ4v) is 3.57. The van der Waals surface area contributed by atoms with E-state index in [1.807, 2.05) is 63.2 Å². The molecule has 7 nitrogen and oxygen atoms in total. The number of hydrogen-bond acceptors (Lipinski definition) is 4. The number of benzene rings is 2. The van der Waals surface area contributed by atoms with Crippen LogP contribution in [0.1, 0.15) is 30.5 Å². The van der Waals surface area contributed by atoms with E-state index >= 15 is 0 Å². The van der Waals surface area contributed by atoms with Gasteiger partial charge in [-0.15, -0.1) is 24.0 Å². The van der Waals surface area contributed by atoms with Crippen LogP contribution in [0.25, 0.3) is 0 Å². The summed E-state index contributed by atoms with van der Waals surface area (Å²) in [5.74, 6) is 1.51. The van der Waals surface area contributed by atoms with Gasteiger partial charge >= 0.3 is 0 Å². The molecule has 0 aliphatic rings. The molecule has 0 heterocycles. The first-order valence-corrected chi connectivity index (χ1v) is 11.7. The molecule has 172 valence electrons. The molecule has 1 unspecified atom stereocenters. The van der Waals surface area contributed by atoms with Gasteiger partial charge in [0.15, 0.2) is 5.96 Å². The van der Waals surface area contributed by atoms with Crippen molar-refractivity contribution in [3.8, 4) is 5.75 Å². The normalized spacial score (nSPS) is 12.6. The smallest absolute Gasteiger partial charge is 0.215 e. The third-order valence-corrected chi connectivity index (χ3v) is 5.74. The number of hydrogen-bond donors (Lipinski definition) is 3. The van der Waals surface area contributed by atoms with Crippen molar-refractivity contribution in [1.29, 1.82) is 0 Å². The third kappa shape index (κ3) is 9.88. The highest BCUT2D eigenvalue weighted by atomic mass is 127. The van der Waals surface area contributed by atoms with Gasteiger partial charge in [0, 0.05) is 6.54 Å². The van der Waals surface area contributed by atoms with Crippen molar-refractivity contribution in [2.24, 2.45) is 4.99 Å². The summed E-state index contributed by atoms with van der Waals surface area (Å²) >= 11 is 0. The zero-order valence-corrected chi connectivity index (χ0v) is 21.7.